The lowest BCUT2D eigenvalue weighted by atomic mass is 10.1. The highest BCUT2D eigenvalue weighted by atomic mass is 16.7. The van der Waals surface area contributed by atoms with E-state index in [0.29, 0.717) is 6.79 Å². The second-order valence-electron chi connectivity index (χ2n) is 3.43. The summed E-state index contributed by atoms with van der Waals surface area (Å²) in [4.78, 5) is 0. The molecule has 3 nitrogen and oxygen atoms in total. The number of ether oxygens (including phenoxy) is 3. The van der Waals surface area contributed by atoms with E-state index in [1.807, 2.05) is 0 Å². The van der Waals surface area contributed by atoms with Crippen LogP contribution in [0.1, 0.15) is 11.1 Å². The van der Waals surface area contributed by atoms with Crippen LogP contribution in [0.5, 0.6) is 0 Å². The minimum Gasteiger partial charge on any atom is -0.388 e. The topological polar surface area (TPSA) is 27.7 Å². The Hall–Kier alpha value is -0.900. The molecule has 0 bridgehead atoms. The van der Waals surface area contributed by atoms with Crippen molar-refractivity contribution in [1.82, 2.24) is 0 Å². The molecule has 1 aliphatic rings. The smallest absolute Gasteiger partial charge is 0.146 e. The number of hydrogen-bond donors (Lipinski definition) is 0. The lowest BCUT2D eigenvalue weighted by Gasteiger charge is -1.93. The van der Waals surface area contributed by atoms with Crippen LogP contribution >= 0.6 is 0 Å². The second-order valence-corrected chi connectivity index (χ2v) is 3.43. The Morgan fingerprint density at radius 3 is 1.50 bits per heavy atom. The van der Waals surface area contributed by atoms with Crippen molar-refractivity contribution < 1.29 is 14.2 Å². The van der Waals surface area contributed by atoms with Crippen LogP contribution in [0.2, 0.25) is 0 Å². The van der Waals surface area contributed by atoms with Crippen molar-refractivity contribution >= 4 is 0 Å². The first-order chi connectivity index (χ1) is 7.72. The van der Waals surface area contributed by atoms with Gasteiger partial charge in [-0.1, -0.05) is 24.3 Å². The summed E-state index contributed by atoms with van der Waals surface area (Å²) in [6.45, 7) is 6.30. The van der Waals surface area contributed by atoms with Gasteiger partial charge in [0.1, 0.15) is 6.79 Å². The largest absolute Gasteiger partial charge is 0.388 e. The van der Waals surface area contributed by atoms with Gasteiger partial charge >= 0.3 is 0 Å². The van der Waals surface area contributed by atoms with Crippen molar-refractivity contribution in [3.05, 3.63) is 35.4 Å². The van der Waals surface area contributed by atoms with Crippen molar-refractivity contribution in [1.29, 1.82) is 0 Å². The third kappa shape index (κ3) is 8.41. The third-order valence-electron chi connectivity index (χ3n) is 1.96. The normalized spacial score (nSPS) is 13.2. The molecule has 0 aliphatic carbocycles. The van der Waals surface area contributed by atoms with Gasteiger partial charge in [-0.3, -0.25) is 0 Å². The van der Waals surface area contributed by atoms with E-state index in [1.54, 1.807) is 14.2 Å². The van der Waals surface area contributed by atoms with E-state index in [2.05, 4.69) is 42.8 Å². The van der Waals surface area contributed by atoms with Gasteiger partial charge in [0.2, 0.25) is 0 Å². The third-order valence-corrected chi connectivity index (χ3v) is 1.96. The first-order valence-electron chi connectivity index (χ1n) is 5.30. The average molecular weight is 226 g/mol. The SMILES string of the molecule is C1COCO1.COC.Cc1ccccc1C. The fraction of sp³-hybridized carbons (Fsp3) is 0.538. The predicted molar refractivity (Wildman–Crippen MR) is 65.6 cm³/mol. The molecular formula is C13H22O3. The zero-order valence-electron chi connectivity index (χ0n) is 10.7. The van der Waals surface area contributed by atoms with Crippen molar-refractivity contribution in [3.8, 4) is 0 Å². The second kappa shape index (κ2) is 10.6. The molecule has 1 saturated heterocycles. The molecule has 0 saturated carbocycles. The van der Waals surface area contributed by atoms with Crippen LogP contribution in [-0.2, 0) is 14.2 Å². The van der Waals surface area contributed by atoms with Crippen molar-refractivity contribution in [2.24, 2.45) is 0 Å². The standard InChI is InChI=1S/C8H10.C3H6O2.C2H6O/c1-7-5-3-4-6-8(7)2;1-2-5-3-4-1;1-3-2/h3-6H,1-2H3;1-3H2;1-2H3. The number of aryl methyl sites for hydroxylation is 2. The Balaban J connectivity index is 0.000000241. The Morgan fingerprint density at radius 1 is 0.938 bits per heavy atom. The van der Waals surface area contributed by atoms with Crippen LogP contribution < -0.4 is 0 Å². The zero-order valence-corrected chi connectivity index (χ0v) is 10.7. The molecule has 0 aromatic heterocycles. The highest BCUT2D eigenvalue weighted by molar-refractivity contribution is 5.23. The molecule has 0 radical (unpaired) electrons. The van der Waals surface area contributed by atoms with E-state index in [1.165, 1.54) is 11.1 Å². The molecule has 1 heterocycles. The van der Waals surface area contributed by atoms with Gasteiger partial charge in [0.15, 0.2) is 0 Å². The quantitative estimate of drug-likeness (QED) is 0.680. The molecule has 1 aromatic carbocycles. The summed E-state index contributed by atoms with van der Waals surface area (Å²) in [5, 5.41) is 0. The van der Waals surface area contributed by atoms with Gasteiger partial charge in [-0.15, -0.1) is 0 Å². The van der Waals surface area contributed by atoms with Crippen LogP contribution in [0.15, 0.2) is 24.3 Å². The van der Waals surface area contributed by atoms with E-state index in [-0.39, 0.29) is 0 Å². The number of rotatable bonds is 0. The Morgan fingerprint density at radius 2 is 1.31 bits per heavy atom. The van der Waals surface area contributed by atoms with Crippen LogP contribution in [0.25, 0.3) is 0 Å². The number of benzene rings is 1. The van der Waals surface area contributed by atoms with E-state index < -0.39 is 0 Å². The molecule has 2 rings (SSSR count). The summed E-state index contributed by atoms with van der Waals surface area (Å²) in [5.41, 5.74) is 2.74. The number of methoxy groups -OCH3 is 1. The minimum absolute atomic E-state index is 0.500. The maximum Gasteiger partial charge on any atom is 0.146 e. The van der Waals surface area contributed by atoms with Gasteiger partial charge in [0, 0.05) is 14.2 Å². The van der Waals surface area contributed by atoms with Crippen molar-refractivity contribution in [2.75, 3.05) is 34.2 Å². The van der Waals surface area contributed by atoms with Crippen LogP contribution in [0.3, 0.4) is 0 Å². The van der Waals surface area contributed by atoms with E-state index in [4.69, 9.17) is 9.47 Å². The molecule has 16 heavy (non-hydrogen) atoms. The fourth-order valence-electron chi connectivity index (χ4n) is 0.957. The minimum atomic E-state index is 0.500. The maximum absolute atomic E-state index is 4.72. The Bertz CT molecular complexity index is 228. The van der Waals surface area contributed by atoms with Crippen LogP contribution in [0, 0.1) is 13.8 Å². The molecule has 0 atom stereocenters. The lowest BCUT2D eigenvalue weighted by molar-refractivity contribution is 0.0692. The summed E-state index contributed by atoms with van der Waals surface area (Å²) in [5.74, 6) is 0. The van der Waals surface area contributed by atoms with Gasteiger partial charge in [0.25, 0.3) is 0 Å². The lowest BCUT2D eigenvalue weighted by Crippen LogP contribution is -1.79. The summed E-state index contributed by atoms with van der Waals surface area (Å²) >= 11 is 0. The van der Waals surface area contributed by atoms with E-state index in [0.717, 1.165) is 13.2 Å². The molecule has 0 amide bonds. The molecule has 0 spiro atoms. The fourth-order valence-corrected chi connectivity index (χ4v) is 0.957. The average Bonchev–Trinajstić information content (AvgIpc) is 2.82. The summed E-state index contributed by atoms with van der Waals surface area (Å²) in [6.07, 6.45) is 0. The molecule has 1 aliphatic heterocycles. The Kier molecular flexibility index (Phi) is 10.0. The highest BCUT2D eigenvalue weighted by Gasteiger charge is 1.93. The van der Waals surface area contributed by atoms with Gasteiger partial charge in [-0.2, -0.15) is 0 Å². The summed E-state index contributed by atoms with van der Waals surface area (Å²) < 4.78 is 13.7. The zero-order chi connectivity index (χ0) is 12.2. The van der Waals surface area contributed by atoms with E-state index >= 15 is 0 Å². The molecule has 1 aromatic rings. The first kappa shape index (κ1) is 15.1. The monoisotopic (exact) mass is 226 g/mol. The van der Waals surface area contributed by atoms with Crippen LogP contribution in [0.4, 0.5) is 0 Å². The van der Waals surface area contributed by atoms with E-state index in [9.17, 15) is 0 Å². The highest BCUT2D eigenvalue weighted by Crippen LogP contribution is 2.02. The molecule has 3 heteroatoms. The number of hydrogen-bond acceptors (Lipinski definition) is 3. The molecule has 1 fully saturated rings. The predicted octanol–water partition coefficient (Wildman–Crippen LogP) is 2.56. The van der Waals surface area contributed by atoms with Gasteiger partial charge in [-0.05, 0) is 25.0 Å². The van der Waals surface area contributed by atoms with Crippen molar-refractivity contribution in [2.45, 2.75) is 13.8 Å². The maximum atomic E-state index is 4.72. The Labute approximate surface area is 98.3 Å². The molecule has 0 N–H and O–H groups in total. The molecule has 0 unspecified atom stereocenters. The molecule has 92 valence electrons. The van der Waals surface area contributed by atoms with Gasteiger partial charge < -0.3 is 14.2 Å². The first-order valence-corrected chi connectivity index (χ1v) is 5.30. The molecular weight excluding hydrogens is 204 g/mol. The van der Waals surface area contributed by atoms with Gasteiger partial charge in [-0.25, -0.2) is 0 Å². The van der Waals surface area contributed by atoms with Crippen LogP contribution in [-0.4, -0.2) is 34.2 Å². The van der Waals surface area contributed by atoms with Crippen molar-refractivity contribution in [3.63, 3.8) is 0 Å². The summed E-state index contributed by atoms with van der Waals surface area (Å²) in [6, 6.07) is 8.36. The van der Waals surface area contributed by atoms with Gasteiger partial charge in [0.05, 0.1) is 13.2 Å². The summed E-state index contributed by atoms with van der Waals surface area (Å²) in [7, 11) is 3.25.